The summed E-state index contributed by atoms with van der Waals surface area (Å²) in [7, 11) is 0. The van der Waals surface area contributed by atoms with Gasteiger partial charge < -0.3 is 14.2 Å². The average molecular weight is 245 g/mol. The van der Waals surface area contributed by atoms with Gasteiger partial charge in [0.25, 0.3) is 0 Å². The first-order chi connectivity index (χ1) is 7.89. The summed E-state index contributed by atoms with van der Waals surface area (Å²) in [4.78, 5) is 5.71. The minimum atomic E-state index is -0.521. The smallest absolute Gasteiger partial charge is 0.135 e. The summed E-state index contributed by atoms with van der Waals surface area (Å²) < 4.78 is 16.2. The number of rotatable bonds is 7. The highest BCUT2D eigenvalue weighted by atomic mass is 16.7. The fourth-order valence-corrected chi connectivity index (χ4v) is 1.60. The van der Waals surface area contributed by atoms with Crippen LogP contribution in [0.25, 0.3) is 0 Å². The molecule has 0 aliphatic carbocycles. The molecule has 5 nitrogen and oxygen atoms in total. The van der Waals surface area contributed by atoms with Gasteiger partial charge in [0.2, 0.25) is 0 Å². The zero-order valence-electron chi connectivity index (χ0n) is 11.1. The molecule has 1 N–H and O–H groups in total. The molecule has 0 spiro atoms. The lowest BCUT2D eigenvalue weighted by Crippen LogP contribution is -2.54. The van der Waals surface area contributed by atoms with E-state index in [1.165, 1.54) is 0 Å². The predicted molar refractivity (Wildman–Crippen MR) is 62.4 cm³/mol. The van der Waals surface area contributed by atoms with Crippen LogP contribution in [0.1, 0.15) is 34.1 Å². The Bertz CT molecular complexity index is 259. The van der Waals surface area contributed by atoms with Crippen LogP contribution in [0.4, 0.5) is 0 Å². The molecule has 2 heterocycles. The Balaban J connectivity index is 1.70. The van der Waals surface area contributed by atoms with Crippen molar-refractivity contribution >= 4 is 0 Å². The Morgan fingerprint density at radius 3 is 2.35 bits per heavy atom. The van der Waals surface area contributed by atoms with Gasteiger partial charge in [-0.3, -0.25) is 4.84 Å². The highest BCUT2D eigenvalue weighted by Gasteiger charge is 2.38. The van der Waals surface area contributed by atoms with Crippen LogP contribution in [0.15, 0.2) is 0 Å². The summed E-state index contributed by atoms with van der Waals surface area (Å²) in [5, 5.41) is 0. The predicted octanol–water partition coefficient (Wildman–Crippen LogP) is 1.23. The SMILES string of the molecule is CC(C)(NOC(C)(C)C1CCO1)OCC1CO1. The van der Waals surface area contributed by atoms with Gasteiger partial charge in [-0.05, 0) is 34.1 Å². The largest absolute Gasteiger partial charge is 0.375 e. The Morgan fingerprint density at radius 2 is 1.88 bits per heavy atom. The second-order valence-electron chi connectivity index (χ2n) is 5.73. The highest BCUT2D eigenvalue weighted by Crippen LogP contribution is 2.27. The van der Waals surface area contributed by atoms with Gasteiger partial charge in [-0.2, -0.15) is 5.48 Å². The number of hydroxylamine groups is 1. The first-order valence-electron chi connectivity index (χ1n) is 6.21. The second kappa shape index (κ2) is 4.82. The van der Waals surface area contributed by atoms with E-state index < -0.39 is 5.72 Å². The molecular formula is C12H23NO4. The topological polar surface area (TPSA) is 52.2 Å². The van der Waals surface area contributed by atoms with E-state index in [0.29, 0.717) is 6.61 Å². The molecule has 0 aromatic carbocycles. The maximum atomic E-state index is 5.71. The lowest BCUT2D eigenvalue weighted by molar-refractivity contribution is -0.247. The van der Waals surface area contributed by atoms with Gasteiger partial charge in [0.15, 0.2) is 0 Å². The molecule has 2 fully saturated rings. The number of hydrogen-bond donors (Lipinski definition) is 1. The van der Waals surface area contributed by atoms with Crippen molar-refractivity contribution in [2.45, 2.75) is 57.6 Å². The lowest BCUT2D eigenvalue weighted by Gasteiger charge is -2.41. The third-order valence-electron chi connectivity index (χ3n) is 3.07. The zero-order valence-corrected chi connectivity index (χ0v) is 11.1. The molecule has 0 saturated carbocycles. The molecule has 2 atom stereocenters. The number of epoxide rings is 1. The van der Waals surface area contributed by atoms with E-state index in [2.05, 4.69) is 5.48 Å². The summed E-state index contributed by atoms with van der Waals surface area (Å²) in [6.07, 6.45) is 1.47. The molecule has 0 amide bonds. The average Bonchev–Trinajstić information content (AvgIpc) is 2.92. The fourth-order valence-electron chi connectivity index (χ4n) is 1.60. The molecule has 0 bridgehead atoms. The van der Waals surface area contributed by atoms with E-state index in [0.717, 1.165) is 19.6 Å². The van der Waals surface area contributed by atoms with Gasteiger partial charge in [-0.25, -0.2) is 0 Å². The van der Waals surface area contributed by atoms with Gasteiger partial charge >= 0.3 is 0 Å². The van der Waals surface area contributed by atoms with Gasteiger partial charge in [0, 0.05) is 6.61 Å². The Morgan fingerprint density at radius 1 is 1.24 bits per heavy atom. The molecule has 0 aromatic heterocycles. The molecule has 100 valence electrons. The van der Waals surface area contributed by atoms with Crippen molar-refractivity contribution in [3.63, 3.8) is 0 Å². The molecule has 2 unspecified atom stereocenters. The minimum Gasteiger partial charge on any atom is -0.375 e. The molecule has 2 rings (SSSR count). The van der Waals surface area contributed by atoms with Gasteiger partial charge in [-0.1, -0.05) is 0 Å². The molecule has 5 heteroatoms. The number of ether oxygens (including phenoxy) is 3. The van der Waals surface area contributed by atoms with Crippen molar-refractivity contribution < 1.29 is 19.0 Å². The highest BCUT2D eigenvalue weighted by molar-refractivity contribution is 4.85. The summed E-state index contributed by atoms with van der Waals surface area (Å²) in [6, 6.07) is 0. The van der Waals surface area contributed by atoms with Crippen LogP contribution < -0.4 is 5.48 Å². The van der Waals surface area contributed by atoms with Crippen LogP contribution in [0.2, 0.25) is 0 Å². The first-order valence-corrected chi connectivity index (χ1v) is 6.21. The van der Waals surface area contributed by atoms with Gasteiger partial charge in [-0.15, -0.1) is 0 Å². The molecule has 0 radical (unpaired) electrons. The van der Waals surface area contributed by atoms with Crippen molar-refractivity contribution in [2.75, 3.05) is 19.8 Å². The number of hydrogen-bond acceptors (Lipinski definition) is 5. The Hall–Kier alpha value is -0.200. The van der Waals surface area contributed by atoms with Gasteiger partial charge in [0.1, 0.15) is 17.4 Å². The Labute approximate surface area is 103 Å². The van der Waals surface area contributed by atoms with E-state index in [1.807, 2.05) is 27.7 Å². The van der Waals surface area contributed by atoms with Crippen molar-refractivity contribution in [1.29, 1.82) is 0 Å². The summed E-state index contributed by atoms with van der Waals surface area (Å²) in [5.74, 6) is 0. The second-order valence-corrected chi connectivity index (χ2v) is 5.73. The zero-order chi connectivity index (χ0) is 12.5. The van der Waals surface area contributed by atoms with Crippen LogP contribution in [0.3, 0.4) is 0 Å². The number of nitrogens with one attached hydrogen (secondary N) is 1. The van der Waals surface area contributed by atoms with Crippen molar-refractivity contribution in [1.82, 2.24) is 5.48 Å². The van der Waals surface area contributed by atoms with E-state index in [-0.39, 0.29) is 17.8 Å². The molecular weight excluding hydrogens is 222 g/mol. The van der Waals surface area contributed by atoms with E-state index >= 15 is 0 Å². The monoisotopic (exact) mass is 245 g/mol. The maximum Gasteiger partial charge on any atom is 0.135 e. The standard InChI is InChI=1S/C12H23NO4/c1-11(2,10-5-6-14-10)17-13-12(3,4)16-8-9-7-15-9/h9-10,13H,5-8H2,1-4H3. The van der Waals surface area contributed by atoms with E-state index in [9.17, 15) is 0 Å². The molecule has 0 aromatic rings. The maximum absolute atomic E-state index is 5.71. The molecule has 2 aliphatic heterocycles. The van der Waals surface area contributed by atoms with Crippen LogP contribution in [0, 0.1) is 0 Å². The Kier molecular flexibility index (Phi) is 3.75. The summed E-state index contributed by atoms with van der Waals surface area (Å²) in [6.45, 7) is 10.1. The van der Waals surface area contributed by atoms with Crippen molar-refractivity contribution in [2.24, 2.45) is 0 Å². The first kappa shape index (κ1) is 13.2. The van der Waals surface area contributed by atoms with Crippen LogP contribution in [-0.2, 0) is 19.0 Å². The third kappa shape index (κ3) is 3.89. The molecule has 17 heavy (non-hydrogen) atoms. The third-order valence-corrected chi connectivity index (χ3v) is 3.07. The summed E-state index contributed by atoms with van der Waals surface area (Å²) in [5.41, 5.74) is 2.11. The van der Waals surface area contributed by atoms with Crippen LogP contribution >= 0.6 is 0 Å². The van der Waals surface area contributed by atoms with Crippen LogP contribution in [0.5, 0.6) is 0 Å². The summed E-state index contributed by atoms with van der Waals surface area (Å²) >= 11 is 0. The minimum absolute atomic E-state index is 0.164. The molecule has 2 aliphatic rings. The van der Waals surface area contributed by atoms with Crippen molar-refractivity contribution in [3.05, 3.63) is 0 Å². The van der Waals surface area contributed by atoms with Crippen LogP contribution in [-0.4, -0.2) is 43.4 Å². The van der Waals surface area contributed by atoms with Crippen molar-refractivity contribution in [3.8, 4) is 0 Å². The van der Waals surface area contributed by atoms with E-state index in [4.69, 9.17) is 19.0 Å². The molecule has 2 saturated heterocycles. The van der Waals surface area contributed by atoms with Gasteiger partial charge in [0.05, 0.1) is 19.3 Å². The lowest BCUT2D eigenvalue weighted by atomic mass is 9.96. The normalized spacial score (nSPS) is 28.9. The van der Waals surface area contributed by atoms with E-state index in [1.54, 1.807) is 0 Å². The fraction of sp³-hybridized carbons (Fsp3) is 1.00. The quantitative estimate of drug-likeness (QED) is 0.415.